The Kier molecular flexibility index (Phi) is 4.93. The minimum atomic E-state index is -3.61. The maximum atomic E-state index is 12.3. The molecule has 0 saturated carbocycles. The molecule has 3 rings (SSSR count). The molecule has 24 heavy (non-hydrogen) atoms. The van der Waals surface area contributed by atoms with Crippen LogP contribution in [0.3, 0.4) is 0 Å². The van der Waals surface area contributed by atoms with Crippen molar-refractivity contribution in [3.05, 3.63) is 35.7 Å². The van der Waals surface area contributed by atoms with Crippen molar-refractivity contribution in [1.29, 1.82) is 0 Å². The fourth-order valence-electron chi connectivity index (χ4n) is 2.66. The summed E-state index contributed by atoms with van der Waals surface area (Å²) in [6, 6.07) is 0. The Morgan fingerprint density at radius 3 is 2.67 bits per heavy atom. The zero-order valence-corrected chi connectivity index (χ0v) is 14.6. The molecule has 1 fully saturated rings. The highest BCUT2D eigenvalue weighted by Crippen LogP contribution is 2.24. The fourth-order valence-corrected chi connectivity index (χ4v) is 3.90. The van der Waals surface area contributed by atoms with E-state index in [1.165, 1.54) is 10.9 Å². The quantitative estimate of drug-likeness (QED) is 0.870. The van der Waals surface area contributed by atoms with Crippen molar-refractivity contribution in [2.24, 2.45) is 7.05 Å². The average Bonchev–Trinajstić information content (AvgIpc) is 2.94. The van der Waals surface area contributed by atoms with E-state index in [9.17, 15) is 8.42 Å². The normalized spacial score (nSPS) is 18.7. The van der Waals surface area contributed by atoms with Crippen molar-refractivity contribution in [2.45, 2.75) is 43.7 Å². The van der Waals surface area contributed by atoms with Crippen LogP contribution >= 0.6 is 0 Å². The molecule has 0 spiro atoms. The number of sulfonamides is 1. The van der Waals surface area contributed by atoms with Crippen LogP contribution < -0.4 is 4.72 Å². The minimum absolute atomic E-state index is 0.0532. The molecule has 130 valence electrons. The lowest BCUT2D eigenvalue weighted by atomic mass is 10.1. The monoisotopic (exact) mass is 351 g/mol. The Hall–Kier alpha value is -1.84. The van der Waals surface area contributed by atoms with Crippen molar-refractivity contribution in [1.82, 2.24) is 24.5 Å². The third-order valence-electron chi connectivity index (χ3n) is 3.92. The van der Waals surface area contributed by atoms with Crippen LogP contribution in [0.2, 0.25) is 0 Å². The summed E-state index contributed by atoms with van der Waals surface area (Å²) in [5, 5.41) is 4.05. The Labute approximate surface area is 141 Å². The number of nitrogens with zero attached hydrogens (tertiary/aromatic N) is 4. The van der Waals surface area contributed by atoms with Gasteiger partial charge in [-0.3, -0.25) is 4.68 Å². The molecule has 2 aromatic heterocycles. The summed E-state index contributed by atoms with van der Waals surface area (Å²) in [6.45, 7) is 2.53. The summed E-state index contributed by atoms with van der Waals surface area (Å²) in [5.74, 6) is 0.657. The number of aryl methyl sites for hydroxylation is 2. The molecule has 1 unspecified atom stereocenters. The zero-order valence-electron chi connectivity index (χ0n) is 13.8. The zero-order chi connectivity index (χ0) is 17.2. The van der Waals surface area contributed by atoms with E-state index in [1.54, 1.807) is 26.4 Å². The van der Waals surface area contributed by atoms with Crippen LogP contribution in [-0.2, 0) is 28.4 Å². The highest BCUT2D eigenvalue weighted by atomic mass is 32.2. The summed E-state index contributed by atoms with van der Waals surface area (Å²) in [5.41, 5.74) is 1.16. The lowest BCUT2D eigenvalue weighted by molar-refractivity contribution is 0.00940. The van der Waals surface area contributed by atoms with Crippen LogP contribution in [0.1, 0.15) is 42.4 Å². The number of nitrogens with one attached hydrogen (secondary N) is 1. The van der Waals surface area contributed by atoms with E-state index in [2.05, 4.69) is 19.8 Å². The van der Waals surface area contributed by atoms with Gasteiger partial charge in [-0.2, -0.15) is 5.10 Å². The van der Waals surface area contributed by atoms with Crippen LogP contribution in [0.5, 0.6) is 0 Å². The van der Waals surface area contributed by atoms with Gasteiger partial charge in [0.1, 0.15) is 11.0 Å². The smallest absolute Gasteiger partial charge is 0.244 e. The number of rotatable bonds is 5. The molecule has 1 atom stereocenters. The third-order valence-corrected chi connectivity index (χ3v) is 5.42. The van der Waals surface area contributed by atoms with Crippen molar-refractivity contribution in [2.75, 3.05) is 6.61 Å². The van der Waals surface area contributed by atoms with Crippen molar-refractivity contribution < 1.29 is 13.2 Å². The van der Waals surface area contributed by atoms with Gasteiger partial charge in [0.15, 0.2) is 5.82 Å². The first kappa shape index (κ1) is 17.0. The molecule has 1 aliphatic rings. The summed E-state index contributed by atoms with van der Waals surface area (Å²) >= 11 is 0. The number of aromatic nitrogens is 4. The first-order chi connectivity index (χ1) is 11.5. The maximum Gasteiger partial charge on any atom is 0.244 e. The van der Waals surface area contributed by atoms with E-state index in [0.717, 1.165) is 25.9 Å². The Bertz CT molecular complexity index is 795. The van der Waals surface area contributed by atoms with E-state index in [0.29, 0.717) is 17.1 Å². The second-order valence-electron chi connectivity index (χ2n) is 5.88. The highest BCUT2D eigenvalue weighted by Gasteiger charge is 2.21. The Balaban J connectivity index is 1.65. The predicted molar refractivity (Wildman–Crippen MR) is 86.5 cm³/mol. The SMILES string of the molecule is Cc1nn(C)cc1S(=O)(=O)NCc1cnc(C2CCCCO2)nc1. The maximum absolute atomic E-state index is 12.3. The van der Waals surface area contributed by atoms with Crippen LogP contribution in [0, 0.1) is 6.92 Å². The molecule has 1 saturated heterocycles. The second kappa shape index (κ2) is 6.96. The molecule has 0 aliphatic carbocycles. The third kappa shape index (κ3) is 3.80. The molecule has 0 amide bonds. The Morgan fingerprint density at radius 2 is 2.08 bits per heavy atom. The van der Waals surface area contributed by atoms with Gasteiger partial charge in [0.2, 0.25) is 10.0 Å². The van der Waals surface area contributed by atoms with Crippen molar-refractivity contribution >= 4 is 10.0 Å². The molecular weight excluding hydrogens is 330 g/mol. The van der Waals surface area contributed by atoms with Gasteiger partial charge in [-0.1, -0.05) is 0 Å². The van der Waals surface area contributed by atoms with Crippen molar-refractivity contribution in [3.8, 4) is 0 Å². The molecular formula is C15H21N5O3S. The van der Waals surface area contributed by atoms with Crippen LogP contribution in [0.15, 0.2) is 23.5 Å². The topological polar surface area (TPSA) is 99.0 Å². The van der Waals surface area contributed by atoms with Crippen molar-refractivity contribution in [3.63, 3.8) is 0 Å². The Morgan fingerprint density at radius 1 is 1.33 bits per heavy atom. The molecule has 0 aromatic carbocycles. The standard InChI is InChI=1S/C15H21N5O3S/c1-11-14(10-20(2)19-11)24(21,22)18-9-12-7-16-15(17-8-12)13-5-3-4-6-23-13/h7-8,10,13,18H,3-6,9H2,1-2H3. The molecule has 1 aliphatic heterocycles. The second-order valence-corrected chi connectivity index (χ2v) is 7.62. The van der Waals surface area contributed by atoms with Gasteiger partial charge in [-0.15, -0.1) is 0 Å². The van der Waals surface area contributed by atoms with Crippen LogP contribution in [0.4, 0.5) is 0 Å². The lowest BCUT2D eigenvalue weighted by Gasteiger charge is -2.21. The first-order valence-electron chi connectivity index (χ1n) is 7.88. The summed E-state index contributed by atoms with van der Waals surface area (Å²) in [4.78, 5) is 8.80. The summed E-state index contributed by atoms with van der Waals surface area (Å²) in [7, 11) is -1.93. The van der Waals surface area contributed by atoms with Gasteiger partial charge in [0, 0.05) is 44.4 Å². The molecule has 1 N–H and O–H groups in total. The van der Waals surface area contributed by atoms with Gasteiger partial charge >= 0.3 is 0 Å². The molecule has 0 radical (unpaired) electrons. The van der Waals surface area contributed by atoms with Crippen LogP contribution in [-0.4, -0.2) is 34.8 Å². The molecule has 9 heteroatoms. The number of hydrogen-bond acceptors (Lipinski definition) is 6. The number of ether oxygens (including phenoxy) is 1. The average molecular weight is 351 g/mol. The fraction of sp³-hybridized carbons (Fsp3) is 0.533. The molecule has 3 heterocycles. The van der Waals surface area contributed by atoms with E-state index < -0.39 is 10.0 Å². The summed E-state index contributed by atoms with van der Waals surface area (Å²) in [6.07, 6.45) is 7.81. The molecule has 8 nitrogen and oxygen atoms in total. The predicted octanol–water partition coefficient (Wildman–Crippen LogP) is 1.24. The molecule has 2 aromatic rings. The van der Waals surface area contributed by atoms with Gasteiger partial charge in [0.05, 0.1) is 5.69 Å². The van der Waals surface area contributed by atoms with Gasteiger partial charge in [-0.05, 0) is 26.2 Å². The van der Waals surface area contributed by atoms with E-state index in [-0.39, 0.29) is 17.5 Å². The van der Waals surface area contributed by atoms with E-state index >= 15 is 0 Å². The van der Waals surface area contributed by atoms with Gasteiger partial charge in [0.25, 0.3) is 0 Å². The highest BCUT2D eigenvalue weighted by molar-refractivity contribution is 7.89. The van der Waals surface area contributed by atoms with E-state index in [4.69, 9.17) is 4.74 Å². The van der Waals surface area contributed by atoms with E-state index in [1.807, 2.05) is 0 Å². The minimum Gasteiger partial charge on any atom is -0.370 e. The summed E-state index contributed by atoms with van der Waals surface area (Å²) < 4.78 is 34.3. The largest absolute Gasteiger partial charge is 0.370 e. The first-order valence-corrected chi connectivity index (χ1v) is 9.36. The lowest BCUT2D eigenvalue weighted by Crippen LogP contribution is -2.24. The van der Waals surface area contributed by atoms with Gasteiger partial charge in [-0.25, -0.2) is 23.1 Å². The van der Waals surface area contributed by atoms with Crippen LogP contribution in [0.25, 0.3) is 0 Å². The van der Waals surface area contributed by atoms with Gasteiger partial charge < -0.3 is 4.74 Å². The number of hydrogen-bond donors (Lipinski definition) is 1. The molecule has 0 bridgehead atoms.